The molecule has 1 aliphatic heterocycles. The van der Waals surface area contributed by atoms with E-state index in [0.717, 1.165) is 0 Å². The van der Waals surface area contributed by atoms with Crippen molar-refractivity contribution in [2.45, 2.75) is 24.7 Å². The third kappa shape index (κ3) is 3.65. The number of aromatic nitrogens is 2. The molecule has 0 atom stereocenters. The van der Waals surface area contributed by atoms with Crippen LogP contribution in [-0.4, -0.2) is 51.9 Å². The number of carboxylic acids is 1. The maximum atomic E-state index is 12.5. The number of aliphatic carboxylic acids is 1. The summed E-state index contributed by atoms with van der Waals surface area (Å²) in [5.41, 5.74) is 4.75. The van der Waals surface area contributed by atoms with E-state index >= 15 is 0 Å². The Morgan fingerprint density at radius 1 is 1.06 bits per heavy atom. The second-order valence-electron chi connectivity index (χ2n) is 7.85. The highest BCUT2D eigenvalue weighted by atomic mass is 16.6. The van der Waals surface area contributed by atoms with Crippen molar-refractivity contribution < 1.29 is 24.0 Å². The van der Waals surface area contributed by atoms with Crippen molar-refractivity contribution in [3.63, 3.8) is 0 Å². The number of nitrogens with zero attached hydrogens (tertiary/aromatic N) is 3. The van der Waals surface area contributed by atoms with E-state index in [1.54, 1.807) is 4.90 Å². The van der Waals surface area contributed by atoms with Crippen LogP contribution in [0, 0.1) is 0 Å². The van der Waals surface area contributed by atoms with Crippen LogP contribution < -0.4 is 0 Å². The molecule has 1 saturated heterocycles. The van der Waals surface area contributed by atoms with Crippen molar-refractivity contribution in [1.29, 1.82) is 0 Å². The molecular weight excluding hydrogens is 398 g/mol. The SMILES string of the molecule is O=C(O)CCc1nc(C2CN(C(=O)OCC3c4ccccc4-c4ccccc43)C2)no1. The Labute approximate surface area is 178 Å². The van der Waals surface area contributed by atoms with Gasteiger partial charge < -0.3 is 19.3 Å². The van der Waals surface area contributed by atoms with Crippen LogP contribution in [0.2, 0.25) is 0 Å². The Balaban J connectivity index is 1.17. The summed E-state index contributed by atoms with van der Waals surface area (Å²) in [6.45, 7) is 1.19. The predicted octanol–water partition coefficient (Wildman–Crippen LogP) is 3.44. The summed E-state index contributed by atoms with van der Waals surface area (Å²) in [6, 6.07) is 16.4. The van der Waals surface area contributed by atoms with Gasteiger partial charge in [0.2, 0.25) is 5.89 Å². The van der Waals surface area contributed by atoms with Gasteiger partial charge in [-0.3, -0.25) is 4.79 Å². The van der Waals surface area contributed by atoms with E-state index in [2.05, 4.69) is 34.4 Å². The van der Waals surface area contributed by atoms with E-state index in [1.165, 1.54) is 22.3 Å². The van der Waals surface area contributed by atoms with Crippen molar-refractivity contribution >= 4 is 12.1 Å². The molecule has 8 nitrogen and oxygen atoms in total. The number of ether oxygens (including phenoxy) is 1. The average molecular weight is 419 g/mol. The molecule has 2 aliphatic rings. The standard InChI is InChI=1S/C23H21N3O5/c27-21(28)10-9-20-24-22(25-31-20)14-11-26(12-14)23(29)30-13-19-17-7-3-1-5-15(17)16-6-2-4-8-18(16)19/h1-8,14,19H,9-13H2,(H,27,28). The Morgan fingerprint density at radius 3 is 2.35 bits per heavy atom. The van der Waals surface area contributed by atoms with Gasteiger partial charge in [0.05, 0.1) is 12.3 Å². The van der Waals surface area contributed by atoms with Crippen LogP contribution in [0.25, 0.3) is 11.1 Å². The van der Waals surface area contributed by atoms with Gasteiger partial charge in [0.1, 0.15) is 6.61 Å². The van der Waals surface area contributed by atoms with Gasteiger partial charge in [-0.05, 0) is 22.3 Å². The molecule has 158 valence electrons. The van der Waals surface area contributed by atoms with Gasteiger partial charge in [0.25, 0.3) is 0 Å². The lowest BCUT2D eigenvalue weighted by atomic mass is 9.98. The Bertz CT molecular complexity index is 1090. The third-order valence-electron chi connectivity index (χ3n) is 5.88. The molecule has 0 radical (unpaired) electrons. The number of benzene rings is 2. The molecule has 3 aromatic rings. The zero-order valence-electron chi connectivity index (χ0n) is 16.7. The second-order valence-corrected chi connectivity index (χ2v) is 7.85. The fourth-order valence-electron chi connectivity index (χ4n) is 4.23. The van der Waals surface area contributed by atoms with Crippen molar-refractivity contribution in [3.05, 3.63) is 71.4 Å². The van der Waals surface area contributed by atoms with E-state index in [0.29, 0.717) is 24.8 Å². The van der Waals surface area contributed by atoms with Gasteiger partial charge in [0.15, 0.2) is 5.82 Å². The molecule has 1 N–H and O–H groups in total. The van der Waals surface area contributed by atoms with Gasteiger partial charge in [-0.2, -0.15) is 4.98 Å². The number of likely N-dealkylation sites (tertiary alicyclic amines) is 1. The van der Waals surface area contributed by atoms with Crippen molar-refractivity contribution in [2.24, 2.45) is 0 Å². The highest BCUT2D eigenvalue weighted by molar-refractivity contribution is 5.79. The van der Waals surface area contributed by atoms with Gasteiger partial charge in [-0.15, -0.1) is 0 Å². The van der Waals surface area contributed by atoms with Crippen LogP contribution in [-0.2, 0) is 16.0 Å². The third-order valence-corrected chi connectivity index (χ3v) is 5.88. The average Bonchev–Trinajstić information content (AvgIpc) is 3.32. The van der Waals surface area contributed by atoms with Crippen molar-refractivity contribution in [1.82, 2.24) is 15.0 Å². The molecule has 31 heavy (non-hydrogen) atoms. The highest BCUT2D eigenvalue weighted by Crippen LogP contribution is 2.44. The normalized spacial score (nSPS) is 15.3. The molecule has 0 spiro atoms. The van der Waals surface area contributed by atoms with Crippen LogP contribution in [0.15, 0.2) is 53.1 Å². The fourth-order valence-corrected chi connectivity index (χ4v) is 4.23. The second kappa shape index (κ2) is 7.86. The largest absolute Gasteiger partial charge is 0.481 e. The molecule has 0 unspecified atom stereocenters. The number of carboxylic acid groups (broad SMARTS) is 1. The number of hydrogen-bond acceptors (Lipinski definition) is 6. The summed E-state index contributed by atoms with van der Waals surface area (Å²) < 4.78 is 10.7. The Hall–Kier alpha value is -3.68. The number of aryl methyl sites for hydroxylation is 1. The van der Waals surface area contributed by atoms with Gasteiger partial charge in [-0.1, -0.05) is 53.7 Å². The number of fused-ring (bicyclic) bond motifs is 3. The van der Waals surface area contributed by atoms with E-state index in [4.69, 9.17) is 14.4 Å². The van der Waals surface area contributed by atoms with Crippen LogP contribution in [0.5, 0.6) is 0 Å². The minimum absolute atomic E-state index is 0.0252. The van der Waals surface area contributed by atoms with Crippen LogP contribution in [0.4, 0.5) is 4.79 Å². The lowest BCUT2D eigenvalue weighted by molar-refractivity contribution is -0.137. The minimum Gasteiger partial charge on any atom is -0.481 e. The number of carbonyl (C=O) groups is 2. The zero-order chi connectivity index (χ0) is 21.4. The first-order valence-electron chi connectivity index (χ1n) is 10.2. The molecule has 1 fully saturated rings. The van der Waals surface area contributed by atoms with E-state index < -0.39 is 5.97 Å². The topological polar surface area (TPSA) is 106 Å². The van der Waals surface area contributed by atoms with E-state index in [9.17, 15) is 9.59 Å². The number of amides is 1. The predicted molar refractivity (Wildman–Crippen MR) is 110 cm³/mol. The fraction of sp³-hybridized carbons (Fsp3) is 0.304. The monoisotopic (exact) mass is 419 g/mol. The van der Waals surface area contributed by atoms with Gasteiger partial charge in [0, 0.05) is 25.4 Å². The molecule has 1 amide bonds. The molecule has 8 heteroatoms. The summed E-state index contributed by atoms with van der Waals surface area (Å²) in [5, 5.41) is 12.6. The molecule has 1 aliphatic carbocycles. The maximum Gasteiger partial charge on any atom is 0.409 e. The Morgan fingerprint density at radius 2 is 1.71 bits per heavy atom. The number of hydrogen-bond donors (Lipinski definition) is 1. The molecule has 0 bridgehead atoms. The lowest BCUT2D eigenvalue weighted by Gasteiger charge is -2.36. The first-order valence-corrected chi connectivity index (χ1v) is 10.2. The summed E-state index contributed by atoms with van der Waals surface area (Å²) in [4.78, 5) is 29.0. The first kappa shape index (κ1) is 19.3. The quantitative estimate of drug-likeness (QED) is 0.652. The van der Waals surface area contributed by atoms with Crippen LogP contribution >= 0.6 is 0 Å². The van der Waals surface area contributed by atoms with E-state index in [1.807, 2.05) is 24.3 Å². The number of carbonyl (C=O) groups excluding carboxylic acids is 1. The molecule has 1 aromatic heterocycles. The summed E-state index contributed by atoms with van der Waals surface area (Å²) in [7, 11) is 0. The molecule has 0 saturated carbocycles. The zero-order valence-corrected chi connectivity index (χ0v) is 16.7. The summed E-state index contributed by atoms with van der Waals surface area (Å²) >= 11 is 0. The van der Waals surface area contributed by atoms with Crippen molar-refractivity contribution in [2.75, 3.05) is 19.7 Å². The molecule has 2 aromatic carbocycles. The van der Waals surface area contributed by atoms with Gasteiger partial charge in [-0.25, -0.2) is 4.79 Å². The smallest absolute Gasteiger partial charge is 0.409 e. The number of rotatable bonds is 6. The summed E-state index contributed by atoms with van der Waals surface area (Å²) in [6.07, 6.45) is -0.212. The molecule has 2 heterocycles. The van der Waals surface area contributed by atoms with Crippen LogP contribution in [0.3, 0.4) is 0 Å². The molecule has 5 rings (SSSR count). The maximum absolute atomic E-state index is 12.5. The lowest BCUT2D eigenvalue weighted by Crippen LogP contribution is -2.49. The minimum atomic E-state index is -0.912. The first-order chi connectivity index (χ1) is 15.1. The van der Waals surface area contributed by atoms with Crippen LogP contribution in [0.1, 0.15) is 41.1 Å². The van der Waals surface area contributed by atoms with Crippen molar-refractivity contribution in [3.8, 4) is 11.1 Å². The molecular formula is C23H21N3O5. The van der Waals surface area contributed by atoms with Gasteiger partial charge >= 0.3 is 12.1 Å². The summed E-state index contributed by atoms with van der Waals surface area (Å²) in [5.74, 6) is -0.102. The highest BCUT2D eigenvalue weighted by Gasteiger charge is 2.37. The van der Waals surface area contributed by atoms with E-state index in [-0.39, 0.29) is 37.4 Å². The Kier molecular flexibility index (Phi) is 4.89.